The number of amides is 1. The Kier molecular flexibility index (Phi) is 6.58. The van der Waals surface area contributed by atoms with E-state index in [-0.39, 0.29) is 22.7 Å². The number of carboxylic acids is 1. The summed E-state index contributed by atoms with van der Waals surface area (Å²) in [5.41, 5.74) is -0.350. The third-order valence-electron chi connectivity index (χ3n) is 4.34. The number of hydrogen-bond donors (Lipinski definition) is 4. The van der Waals surface area contributed by atoms with Gasteiger partial charge in [0.05, 0.1) is 17.7 Å². The molecule has 5 unspecified atom stereocenters. The monoisotopic (exact) mass is 416 g/mol. The number of aryl methyl sites for hydroxylation is 1. The molecule has 2 rings (SSSR count). The number of nitrogens with zero attached hydrogens (tertiary/aromatic N) is 2. The van der Waals surface area contributed by atoms with Crippen LogP contribution in [0.25, 0.3) is 0 Å². The van der Waals surface area contributed by atoms with Crippen LogP contribution in [0, 0.1) is 17.0 Å². The number of carbonyl (C=O) groups is 2. The summed E-state index contributed by atoms with van der Waals surface area (Å²) < 4.78 is 15.1. The van der Waals surface area contributed by atoms with Gasteiger partial charge in [0.25, 0.3) is 5.69 Å². The quantitative estimate of drug-likeness (QED) is 0.353. The van der Waals surface area contributed by atoms with Crippen molar-refractivity contribution in [2.45, 2.75) is 37.6 Å². The van der Waals surface area contributed by atoms with Crippen LogP contribution in [0.2, 0.25) is 0 Å². The second kappa shape index (κ2) is 8.57. The van der Waals surface area contributed by atoms with Crippen LogP contribution in [0.1, 0.15) is 5.56 Å². The summed E-state index contributed by atoms with van der Waals surface area (Å²) in [4.78, 5) is 34.5. The van der Waals surface area contributed by atoms with Crippen molar-refractivity contribution in [1.82, 2.24) is 0 Å². The summed E-state index contributed by atoms with van der Waals surface area (Å²) in [6.07, 6.45) is -10.2. The molecule has 160 valence electrons. The zero-order valence-corrected chi connectivity index (χ0v) is 15.6. The molecule has 1 heterocycles. The van der Waals surface area contributed by atoms with Gasteiger partial charge in [0.2, 0.25) is 6.29 Å². The highest BCUT2D eigenvalue weighted by Crippen LogP contribution is 2.37. The van der Waals surface area contributed by atoms with Crippen molar-refractivity contribution < 1.29 is 49.1 Å². The molecule has 4 N–H and O–H groups in total. The van der Waals surface area contributed by atoms with Crippen LogP contribution in [-0.2, 0) is 14.3 Å². The minimum absolute atomic E-state index is 0.132. The van der Waals surface area contributed by atoms with Gasteiger partial charge >= 0.3 is 12.1 Å². The van der Waals surface area contributed by atoms with Crippen molar-refractivity contribution in [1.29, 1.82) is 0 Å². The largest absolute Gasteiger partial charge is 0.479 e. The highest BCUT2D eigenvalue weighted by Gasteiger charge is 2.48. The van der Waals surface area contributed by atoms with E-state index in [2.05, 4.69) is 4.74 Å². The fraction of sp³-hybridized carbons (Fsp3) is 0.500. The molecule has 1 aromatic carbocycles. The maximum atomic E-state index is 11.9. The predicted octanol–water partition coefficient (Wildman–Crippen LogP) is -0.623. The molecule has 13 heteroatoms. The number of anilines is 1. The molecule has 1 aromatic rings. The molecule has 1 aliphatic heterocycles. The zero-order chi connectivity index (χ0) is 22.0. The average molecular weight is 416 g/mol. The van der Waals surface area contributed by atoms with Gasteiger partial charge in [-0.2, -0.15) is 0 Å². The fourth-order valence-corrected chi connectivity index (χ4v) is 2.72. The van der Waals surface area contributed by atoms with Crippen LogP contribution in [0.3, 0.4) is 0 Å². The van der Waals surface area contributed by atoms with Gasteiger partial charge in [-0.1, -0.05) is 0 Å². The first-order valence-electron chi connectivity index (χ1n) is 8.19. The predicted molar refractivity (Wildman–Crippen MR) is 93.6 cm³/mol. The Bertz CT molecular complexity index is 814. The third kappa shape index (κ3) is 4.37. The van der Waals surface area contributed by atoms with Gasteiger partial charge in [0.1, 0.15) is 24.1 Å². The molecule has 0 bridgehead atoms. The Morgan fingerprint density at radius 1 is 1.21 bits per heavy atom. The molecule has 13 nitrogen and oxygen atoms in total. The van der Waals surface area contributed by atoms with Crippen molar-refractivity contribution in [2.75, 3.05) is 19.1 Å². The Morgan fingerprint density at radius 2 is 1.83 bits per heavy atom. The average Bonchev–Trinajstić information content (AvgIpc) is 2.66. The highest BCUT2D eigenvalue weighted by molar-refractivity contribution is 5.89. The number of rotatable bonds is 5. The van der Waals surface area contributed by atoms with Crippen LogP contribution in [-0.4, -0.2) is 82.3 Å². The van der Waals surface area contributed by atoms with Crippen LogP contribution in [0.5, 0.6) is 5.75 Å². The topological polar surface area (TPSA) is 189 Å². The van der Waals surface area contributed by atoms with Crippen LogP contribution >= 0.6 is 0 Å². The van der Waals surface area contributed by atoms with E-state index in [1.807, 2.05) is 0 Å². The smallest absolute Gasteiger partial charge is 0.413 e. The van der Waals surface area contributed by atoms with E-state index in [0.29, 0.717) is 0 Å². The minimum atomic E-state index is -1.92. The van der Waals surface area contributed by atoms with E-state index in [0.717, 1.165) is 18.1 Å². The highest BCUT2D eigenvalue weighted by atomic mass is 16.7. The number of nitro benzene ring substituents is 1. The summed E-state index contributed by atoms with van der Waals surface area (Å²) in [6.45, 7) is 1.39. The number of hydrogen-bond acceptors (Lipinski definition) is 10. The molecule has 0 aliphatic carbocycles. The molecule has 1 amide bonds. The lowest BCUT2D eigenvalue weighted by molar-refractivity contribution is -0.385. The fourth-order valence-electron chi connectivity index (χ4n) is 2.72. The molecule has 0 saturated carbocycles. The van der Waals surface area contributed by atoms with E-state index < -0.39 is 47.7 Å². The van der Waals surface area contributed by atoms with E-state index in [1.165, 1.54) is 20.0 Å². The molecule has 0 spiro atoms. The molecule has 0 radical (unpaired) electrons. The van der Waals surface area contributed by atoms with Crippen LogP contribution in [0.4, 0.5) is 16.2 Å². The van der Waals surface area contributed by atoms with Crippen molar-refractivity contribution in [3.05, 3.63) is 27.8 Å². The van der Waals surface area contributed by atoms with E-state index in [9.17, 15) is 35.0 Å². The lowest BCUT2D eigenvalue weighted by atomic mass is 9.99. The summed E-state index contributed by atoms with van der Waals surface area (Å²) in [7, 11) is 2.33. The summed E-state index contributed by atoms with van der Waals surface area (Å²) in [6, 6.07) is 2.20. The van der Waals surface area contributed by atoms with Crippen LogP contribution in [0.15, 0.2) is 12.1 Å². The van der Waals surface area contributed by atoms with Crippen molar-refractivity contribution in [2.24, 2.45) is 0 Å². The van der Waals surface area contributed by atoms with Crippen molar-refractivity contribution in [3.63, 3.8) is 0 Å². The number of nitro groups is 1. The van der Waals surface area contributed by atoms with Crippen molar-refractivity contribution in [3.8, 4) is 5.75 Å². The number of methoxy groups -OCH3 is 1. The van der Waals surface area contributed by atoms with Gasteiger partial charge in [-0.15, -0.1) is 0 Å². The maximum Gasteiger partial charge on any atom is 0.413 e. The molecular formula is C16H20N2O11. The summed E-state index contributed by atoms with van der Waals surface area (Å²) in [5.74, 6) is -1.80. The number of carbonyl (C=O) groups excluding carboxylic acids is 1. The lowest BCUT2D eigenvalue weighted by Gasteiger charge is -2.38. The standard InChI is InChI=1S/C16H20N2O11/c1-6-4-9(8(5-7(6)18(25)26)17(2)16(24)27-3)28-15-12(21)10(19)11(20)13(29-15)14(22)23/h4-5,10-13,15,19-21H,1-3H3,(H,22,23). The summed E-state index contributed by atoms with van der Waals surface area (Å²) >= 11 is 0. The van der Waals surface area contributed by atoms with Crippen molar-refractivity contribution >= 4 is 23.4 Å². The zero-order valence-electron chi connectivity index (χ0n) is 15.6. The molecule has 0 aromatic heterocycles. The number of aliphatic carboxylic acids is 1. The molecule has 1 fully saturated rings. The molecule has 1 saturated heterocycles. The minimum Gasteiger partial charge on any atom is -0.479 e. The van der Waals surface area contributed by atoms with E-state index >= 15 is 0 Å². The number of aliphatic hydroxyl groups excluding tert-OH is 3. The van der Waals surface area contributed by atoms with Gasteiger partial charge in [0.15, 0.2) is 6.10 Å². The first-order chi connectivity index (χ1) is 13.5. The third-order valence-corrected chi connectivity index (χ3v) is 4.34. The first kappa shape index (κ1) is 22.3. The second-order valence-corrected chi connectivity index (χ2v) is 6.25. The summed E-state index contributed by atoms with van der Waals surface area (Å²) in [5, 5.41) is 50.1. The Labute approximate surface area is 163 Å². The Morgan fingerprint density at radius 3 is 2.34 bits per heavy atom. The van der Waals surface area contributed by atoms with E-state index in [4.69, 9.17) is 14.6 Å². The second-order valence-electron chi connectivity index (χ2n) is 6.25. The number of benzene rings is 1. The maximum absolute atomic E-state index is 11.9. The van der Waals surface area contributed by atoms with Gasteiger partial charge in [-0.3, -0.25) is 15.0 Å². The Hall–Kier alpha value is -3.00. The van der Waals surface area contributed by atoms with E-state index in [1.54, 1.807) is 0 Å². The van der Waals surface area contributed by atoms with Crippen LogP contribution < -0.4 is 9.64 Å². The Balaban J connectivity index is 2.47. The lowest BCUT2D eigenvalue weighted by Crippen LogP contribution is -2.61. The van der Waals surface area contributed by atoms with Gasteiger partial charge < -0.3 is 34.6 Å². The molecule has 5 atom stereocenters. The molecule has 29 heavy (non-hydrogen) atoms. The normalized spacial score (nSPS) is 26.5. The number of carboxylic acid groups (broad SMARTS) is 1. The number of aliphatic hydroxyl groups is 3. The number of ether oxygens (including phenoxy) is 3. The molecular weight excluding hydrogens is 396 g/mol. The van der Waals surface area contributed by atoms with Gasteiger partial charge in [-0.25, -0.2) is 9.59 Å². The SMILES string of the molecule is COC(=O)N(C)c1cc([N+](=O)[O-])c(C)cc1OC1OC(C(=O)O)C(O)C(O)C1O. The van der Waals surface area contributed by atoms with Gasteiger partial charge in [0, 0.05) is 18.7 Å². The van der Waals surface area contributed by atoms with Gasteiger partial charge in [-0.05, 0) is 13.0 Å². The first-order valence-corrected chi connectivity index (χ1v) is 8.19. The molecule has 1 aliphatic rings.